The second kappa shape index (κ2) is 7.29. The average Bonchev–Trinajstić information content (AvgIpc) is 2.35. The van der Waals surface area contributed by atoms with Crippen molar-refractivity contribution < 1.29 is 19.1 Å². The fourth-order valence-electron chi connectivity index (χ4n) is 1.89. The SMILES string of the molecule is Cc1cccc(C)c1COC(=O)[C@H](C)NC(=O)OC(C)(C)C. The first-order valence-corrected chi connectivity index (χ1v) is 7.31. The number of amides is 1. The van der Waals surface area contributed by atoms with Gasteiger partial charge in [-0.1, -0.05) is 18.2 Å². The summed E-state index contributed by atoms with van der Waals surface area (Å²) in [7, 11) is 0. The van der Waals surface area contributed by atoms with Crippen LogP contribution in [-0.4, -0.2) is 23.7 Å². The number of esters is 1. The van der Waals surface area contributed by atoms with Gasteiger partial charge in [-0.25, -0.2) is 9.59 Å². The third-order valence-electron chi connectivity index (χ3n) is 3.09. The number of aryl methyl sites for hydroxylation is 2. The first kappa shape index (κ1) is 18.0. The van der Waals surface area contributed by atoms with Crippen molar-refractivity contribution in [1.29, 1.82) is 0 Å². The molecule has 5 heteroatoms. The number of ether oxygens (including phenoxy) is 2. The van der Waals surface area contributed by atoms with E-state index in [1.54, 1.807) is 27.7 Å². The normalized spacial score (nSPS) is 12.5. The molecule has 1 N–H and O–H groups in total. The smallest absolute Gasteiger partial charge is 0.408 e. The van der Waals surface area contributed by atoms with Crippen molar-refractivity contribution in [3.8, 4) is 0 Å². The van der Waals surface area contributed by atoms with E-state index in [-0.39, 0.29) is 6.61 Å². The molecule has 0 fully saturated rings. The zero-order valence-corrected chi connectivity index (χ0v) is 14.1. The van der Waals surface area contributed by atoms with Crippen molar-refractivity contribution in [2.24, 2.45) is 0 Å². The molecular weight excluding hydrogens is 282 g/mol. The van der Waals surface area contributed by atoms with Gasteiger partial charge in [0.2, 0.25) is 0 Å². The fraction of sp³-hybridized carbons (Fsp3) is 0.529. The first-order valence-electron chi connectivity index (χ1n) is 7.31. The Labute approximate surface area is 132 Å². The van der Waals surface area contributed by atoms with E-state index in [4.69, 9.17) is 9.47 Å². The van der Waals surface area contributed by atoms with E-state index >= 15 is 0 Å². The van der Waals surface area contributed by atoms with Crippen LogP contribution in [0.1, 0.15) is 44.4 Å². The van der Waals surface area contributed by atoms with Crippen molar-refractivity contribution in [3.05, 3.63) is 34.9 Å². The number of carbonyl (C=O) groups is 2. The lowest BCUT2D eigenvalue weighted by Gasteiger charge is -2.21. The Morgan fingerprint density at radius 1 is 1.18 bits per heavy atom. The lowest BCUT2D eigenvalue weighted by atomic mass is 10.0. The third-order valence-corrected chi connectivity index (χ3v) is 3.09. The van der Waals surface area contributed by atoms with Gasteiger partial charge in [0, 0.05) is 0 Å². The average molecular weight is 307 g/mol. The quantitative estimate of drug-likeness (QED) is 0.867. The molecule has 0 aliphatic rings. The molecule has 22 heavy (non-hydrogen) atoms. The van der Waals surface area contributed by atoms with E-state index in [1.807, 2.05) is 32.0 Å². The van der Waals surface area contributed by atoms with Crippen molar-refractivity contribution in [2.75, 3.05) is 0 Å². The monoisotopic (exact) mass is 307 g/mol. The summed E-state index contributed by atoms with van der Waals surface area (Å²) in [4.78, 5) is 23.6. The molecule has 5 nitrogen and oxygen atoms in total. The molecule has 0 aliphatic carbocycles. The number of alkyl carbamates (subject to hydrolysis) is 1. The maximum Gasteiger partial charge on any atom is 0.408 e. The Morgan fingerprint density at radius 2 is 1.73 bits per heavy atom. The predicted molar refractivity (Wildman–Crippen MR) is 84.5 cm³/mol. The van der Waals surface area contributed by atoms with Crippen molar-refractivity contribution >= 4 is 12.1 Å². The predicted octanol–water partition coefficient (Wildman–Crippen LogP) is 3.26. The van der Waals surface area contributed by atoms with Gasteiger partial charge in [-0.2, -0.15) is 0 Å². The summed E-state index contributed by atoms with van der Waals surface area (Å²) in [6.07, 6.45) is -0.635. The zero-order valence-electron chi connectivity index (χ0n) is 14.1. The number of hydrogen-bond donors (Lipinski definition) is 1. The molecule has 1 amide bonds. The molecule has 1 rings (SSSR count). The molecule has 0 heterocycles. The molecule has 0 saturated carbocycles. The molecule has 1 aromatic carbocycles. The topological polar surface area (TPSA) is 64.6 Å². The lowest BCUT2D eigenvalue weighted by molar-refractivity contribution is -0.147. The number of hydrogen-bond acceptors (Lipinski definition) is 4. The van der Waals surface area contributed by atoms with Crippen LogP contribution in [0.4, 0.5) is 4.79 Å². The molecule has 0 bridgehead atoms. The molecule has 0 aliphatic heterocycles. The standard InChI is InChI=1S/C17H25NO4/c1-11-8-7-9-12(2)14(11)10-21-15(19)13(3)18-16(20)22-17(4,5)6/h7-9,13H,10H2,1-6H3,(H,18,20)/t13-/m0/s1. The molecule has 0 aromatic heterocycles. The van der Waals surface area contributed by atoms with Crippen LogP contribution in [0, 0.1) is 13.8 Å². The number of nitrogens with one attached hydrogen (secondary N) is 1. The van der Waals surface area contributed by atoms with Crippen LogP contribution >= 0.6 is 0 Å². The molecule has 0 radical (unpaired) electrons. The summed E-state index contributed by atoms with van der Waals surface area (Å²) in [6.45, 7) is 11.0. The highest BCUT2D eigenvalue weighted by Crippen LogP contribution is 2.14. The maximum absolute atomic E-state index is 11.9. The van der Waals surface area contributed by atoms with Gasteiger partial charge < -0.3 is 14.8 Å². The van der Waals surface area contributed by atoms with Crippen molar-refractivity contribution in [3.63, 3.8) is 0 Å². The van der Waals surface area contributed by atoms with Crippen molar-refractivity contribution in [1.82, 2.24) is 5.32 Å². The van der Waals surface area contributed by atoms with Gasteiger partial charge in [0.25, 0.3) is 0 Å². The van der Waals surface area contributed by atoms with E-state index in [9.17, 15) is 9.59 Å². The van der Waals surface area contributed by atoms with Crippen LogP contribution in [0.3, 0.4) is 0 Å². The van der Waals surface area contributed by atoms with Crippen LogP contribution < -0.4 is 5.32 Å². The third kappa shape index (κ3) is 5.76. The van der Waals surface area contributed by atoms with Gasteiger partial charge in [0.05, 0.1) is 0 Å². The van der Waals surface area contributed by atoms with Crippen LogP contribution in [-0.2, 0) is 20.9 Å². The highest BCUT2D eigenvalue weighted by molar-refractivity contribution is 5.81. The van der Waals surface area contributed by atoms with Gasteiger partial charge in [-0.15, -0.1) is 0 Å². The van der Waals surface area contributed by atoms with Gasteiger partial charge in [-0.3, -0.25) is 0 Å². The van der Waals surface area contributed by atoms with E-state index in [0.29, 0.717) is 0 Å². The lowest BCUT2D eigenvalue weighted by Crippen LogP contribution is -2.42. The van der Waals surface area contributed by atoms with Crippen LogP contribution in [0.2, 0.25) is 0 Å². The summed E-state index contributed by atoms with van der Waals surface area (Å²) < 4.78 is 10.4. The molecule has 1 atom stereocenters. The Kier molecular flexibility index (Phi) is 5.97. The Morgan fingerprint density at radius 3 is 2.23 bits per heavy atom. The summed E-state index contributed by atoms with van der Waals surface area (Å²) >= 11 is 0. The second-order valence-corrected chi connectivity index (χ2v) is 6.35. The molecule has 0 spiro atoms. The fourth-order valence-corrected chi connectivity index (χ4v) is 1.89. The van der Waals surface area contributed by atoms with Crippen molar-refractivity contribution in [2.45, 2.75) is 59.8 Å². The molecular formula is C17H25NO4. The number of benzene rings is 1. The van der Waals surface area contributed by atoms with Crippen LogP contribution in [0.25, 0.3) is 0 Å². The van der Waals surface area contributed by atoms with Crippen LogP contribution in [0.5, 0.6) is 0 Å². The molecule has 0 saturated heterocycles. The van der Waals surface area contributed by atoms with E-state index < -0.39 is 23.7 Å². The summed E-state index contributed by atoms with van der Waals surface area (Å²) in [5.41, 5.74) is 2.52. The Hall–Kier alpha value is -2.04. The van der Waals surface area contributed by atoms with Crippen LogP contribution in [0.15, 0.2) is 18.2 Å². The number of carbonyl (C=O) groups excluding carboxylic acids is 2. The van der Waals surface area contributed by atoms with Gasteiger partial charge in [0.1, 0.15) is 18.2 Å². The molecule has 0 unspecified atom stereocenters. The zero-order chi connectivity index (χ0) is 16.9. The Balaban J connectivity index is 2.53. The summed E-state index contributed by atoms with van der Waals surface area (Å²) in [6, 6.07) is 5.14. The highest BCUT2D eigenvalue weighted by atomic mass is 16.6. The minimum Gasteiger partial charge on any atom is -0.459 e. The molecule has 1 aromatic rings. The van der Waals surface area contributed by atoms with E-state index in [0.717, 1.165) is 16.7 Å². The van der Waals surface area contributed by atoms with Gasteiger partial charge in [-0.05, 0) is 58.2 Å². The Bertz CT molecular complexity index is 526. The van der Waals surface area contributed by atoms with Gasteiger partial charge in [0.15, 0.2) is 0 Å². The van der Waals surface area contributed by atoms with E-state index in [1.165, 1.54) is 0 Å². The first-order chi connectivity index (χ1) is 10.1. The molecule has 122 valence electrons. The van der Waals surface area contributed by atoms with E-state index in [2.05, 4.69) is 5.32 Å². The largest absolute Gasteiger partial charge is 0.459 e. The number of rotatable bonds is 4. The summed E-state index contributed by atoms with van der Waals surface area (Å²) in [5.74, 6) is -0.492. The second-order valence-electron chi connectivity index (χ2n) is 6.35. The summed E-state index contributed by atoms with van der Waals surface area (Å²) in [5, 5.41) is 2.47. The minimum atomic E-state index is -0.765. The maximum atomic E-state index is 11.9. The minimum absolute atomic E-state index is 0.192. The highest BCUT2D eigenvalue weighted by Gasteiger charge is 2.22. The van der Waals surface area contributed by atoms with Gasteiger partial charge >= 0.3 is 12.1 Å².